The van der Waals surface area contributed by atoms with Crippen LogP contribution in [0.25, 0.3) is 5.78 Å². The molecule has 3 aromatic rings. The SMILES string of the molecule is Cc1cc(C(F)F)n2nc(C(=O)N3CCC[C@@H]3c3ccc(F)cc3)nc2n1. The monoisotopic (exact) mass is 375 g/mol. The van der Waals surface area contributed by atoms with Gasteiger partial charge in [-0.25, -0.2) is 18.2 Å². The van der Waals surface area contributed by atoms with Crippen molar-refractivity contribution in [2.45, 2.75) is 32.2 Å². The van der Waals surface area contributed by atoms with E-state index in [1.807, 2.05) is 0 Å². The summed E-state index contributed by atoms with van der Waals surface area (Å²) in [6.45, 7) is 2.07. The van der Waals surface area contributed by atoms with E-state index in [0.717, 1.165) is 22.9 Å². The van der Waals surface area contributed by atoms with Gasteiger partial charge in [-0.2, -0.15) is 9.50 Å². The Bertz CT molecular complexity index is 1000. The molecule has 1 aliphatic heterocycles. The average molecular weight is 375 g/mol. The van der Waals surface area contributed by atoms with Gasteiger partial charge in [0.1, 0.15) is 11.5 Å². The van der Waals surface area contributed by atoms with Crippen molar-refractivity contribution in [3.8, 4) is 0 Å². The molecule has 0 N–H and O–H groups in total. The van der Waals surface area contributed by atoms with E-state index in [4.69, 9.17) is 0 Å². The second-order valence-corrected chi connectivity index (χ2v) is 6.48. The Hall–Kier alpha value is -2.97. The smallest absolute Gasteiger partial charge is 0.294 e. The molecule has 1 atom stereocenters. The molecule has 0 aliphatic carbocycles. The van der Waals surface area contributed by atoms with Crippen LogP contribution in [0.1, 0.15) is 52.9 Å². The van der Waals surface area contributed by atoms with E-state index in [-0.39, 0.29) is 29.2 Å². The van der Waals surface area contributed by atoms with Crippen LogP contribution >= 0.6 is 0 Å². The van der Waals surface area contributed by atoms with E-state index < -0.39 is 12.3 Å². The number of fused-ring (bicyclic) bond motifs is 1. The lowest BCUT2D eigenvalue weighted by Crippen LogP contribution is -2.31. The first-order chi connectivity index (χ1) is 12.9. The molecule has 1 fully saturated rings. The highest BCUT2D eigenvalue weighted by molar-refractivity contribution is 5.91. The Balaban J connectivity index is 1.69. The summed E-state index contributed by atoms with van der Waals surface area (Å²) in [6, 6.07) is 6.97. The third-order valence-electron chi connectivity index (χ3n) is 4.65. The van der Waals surface area contributed by atoms with Crippen molar-refractivity contribution < 1.29 is 18.0 Å². The van der Waals surface area contributed by atoms with Crippen molar-refractivity contribution in [3.05, 3.63) is 58.9 Å². The van der Waals surface area contributed by atoms with Gasteiger partial charge in [0.05, 0.1) is 6.04 Å². The van der Waals surface area contributed by atoms with Gasteiger partial charge in [0.25, 0.3) is 18.1 Å². The van der Waals surface area contributed by atoms with Gasteiger partial charge in [-0.15, -0.1) is 5.10 Å². The summed E-state index contributed by atoms with van der Waals surface area (Å²) in [5.74, 6) is -1.02. The fourth-order valence-electron chi connectivity index (χ4n) is 3.43. The lowest BCUT2D eigenvalue weighted by Gasteiger charge is -2.23. The van der Waals surface area contributed by atoms with Crippen LogP contribution in [0.5, 0.6) is 0 Å². The van der Waals surface area contributed by atoms with Crippen LogP contribution in [0, 0.1) is 12.7 Å². The molecule has 140 valence electrons. The number of rotatable bonds is 3. The van der Waals surface area contributed by atoms with Crippen LogP contribution in [0.3, 0.4) is 0 Å². The number of amides is 1. The number of halogens is 3. The molecule has 0 saturated carbocycles. The average Bonchev–Trinajstić information content (AvgIpc) is 3.27. The Labute approximate surface area is 152 Å². The molecule has 4 rings (SSSR count). The van der Waals surface area contributed by atoms with E-state index in [9.17, 15) is 18.0 Å². The van der Waals surface area contributed by atoms with Crippen molar-refractivity contribution in [1.82, 2.24) is 24.5 Å². The minimum absolute atomic E-state index is 0.0359. The van der Waals surface area contributed by atoms with Crippen LogP contribution in [0.15, 0.2) is 30.3 Å². The molecule has 0 unspecified atom stereocenters. The van der Waals surface area contributed by atoms with Crippen molar-refractivity contribution in [2.75, 3.05) is 6.54 Å². The van der Waals surface area contributed by atoms with E-state index >= 15 is 0 Å². The minimum Gasteiger partial charge on any atom is -0.329 e. The highest BCUT2D eigenvalue weighted by Gasteiger charge is 2.33. The minimum atomic E-state index is -2.77. The number of aryl methyl sites for hydroxylation is 1. The second-order valence-electron chi connectivity index (χ2n) is 6.48. The summed E-state index contributed by atoms with van der Waals surface area (Å²) in [6.07, 6.45) is -1.26. The molecule has 0 bridgehead atoms. The normalized spacial score (nSPS) is 17.2. The molecule has 2 aromatic heterocycles. The third kappa shape index (κ3) is 3.13. The number of carbonyl (C=O) groups is 1. The largest absolute Gasteiger partial charge is 0.329 e. The fraction of sp³-hybridized carbons (Fsp3) is 0.333. The van der Waals surface area contributed by atoms with Crippen LogP contribution in [-0.4, -0.2) is 36.9 Å². The van der Waals surface area contributed by atoms with Crippen molar-refractivity contribution >= 4 is 11.7 Å². The number of hydrogen-bond donors (Lipinski definition) is 0. The van der Waals surface area contributed by atoms with Crippen molar-refractivity contribution in [2.24, 2.45) is 0 Å². The summed E-state index contributed by atoms with van der Waals surface area (Å²) >= 11 is 0. The molecule has 0 spiro atoms. The number of nitrogens with zero attached hydrogens (tertiary/aromatic N) is 5. The first-order valence-corrected chi connectivity index (χ1v) is 8.53. The van der Waals surface area contributed by atoms with E-state index in [0.29, 0.717) is 12.2 Å². The summed E-state index contributed by atoms with van der Waals surface area (Å²) in [4.78, 5) is 22.7. The lowest BCUT2D eigenvalue weighted by atomic mass is 10.0. The first kappa shape index (κ1) is 17.4. The van der Waals surface area contributed by atoms with E-state index in [2.05, 4.69) is 15.1 Å². The predicted molar refractivity (Wildman–Crippen MR) is 89.9 cm³/mol. The fourth-order valence-corrected chi connectivity index (χ4v) is 3.43. The predicted octanol–water partition coefficient (Wildman–Crippen LogP) is 3.49. The Morgan fingerprint density at radius 2 is 1.96 bits per heavy atom. The lowest BCUT2D eigenvalue weighted by molar-refractivity contribution is 0.0722. The number of hydrogen-bond acceptors (Lipinski definition) is 4. The standard InChI is InChI=1S/C18H16F3N5O/c1-10-9-14(15(20)21)26-18(22-10)23-16(24-26)17(27)25-8-2-3-13(25)11-4-6-12(19)7-5-11/h4-7,9,13,15H,2-3,8H2,1H3/t13-/m1/s1. The Morgan fingerprint density at radius 1 is 1.22 bits per heavy atom. The van der Waals surface area contributed by atoms with Crippen LogP contribution in [-0.2, 0) is 0 Å². The number of aromatic nitrogens is 4. The first-order valence-electron chi connectivity index (χ1n) is 8.53. The maximum Gasteiger partial charge on any atom is 0.294 e. The molecule has 27 heavy (non-hydrogen) atoms. The van der Waals surface area contributed by atoms with Gasteiger partial charge in [0.15, 0.2) is 0 Å². The summed E-state index contributed by atoms with van der Waals surface area (Å²) < 4.78 is 40.6. The van der Waals surface area contributed by atoms with Gasteiger partial charge in [-0.3, -0.25) is 4.79 Å². The molecule has 3 heterocycles. The second kappa shape index (κ2) is 6.64. The number of alkyl halides is 2. The van der Waals surface area contributed by atoms with Crippen molar-refractivity contribution in [3.63, 3.8) is 0 Å². The van der Waals surface area contributed by atoms with Crippen molar-refractivity contribution in [1.29, 1.82) is 0 Å². The topological polar surface area (TPSA) is 63.4 Å². The van der Waals surface area contributed by atoms with E-state index in [1.54, 1.807) is 24.0 Å². The van der Waals surface area contributed by atoms with Crippen LogP contribution in [0.4, 0.5) is 13.2 Å². The molecular weight excluding hydrogens is 359 g/mol. The zero-order valence-corrected chi connectivity index (χ0v) is 14.4. The summed E-state index contributed by atoms with van der Waals surface area (Å²) in [7, 11) is 0. The van der Waals surface area contributed by atoms with Gasteiger partial charge in [-0.1, -0.05) is 12.1 Å². The summed E-state index contributed by atoms with van der Waals surface area (Å²) in [5.41, 5.74) is 0.823. The molecule has 1 aliphatic rings. The maximum atomic E-state index is 13.3. The zero-order chi connectivity index (χ0) is 19.1. The molecule has 1 saturated heterocycles. The van der Waals surface area contributed by atoms with Crippen LogP contribution < -0.4 is 0 Å². The van der Waals surface area contributed by atoms with Gasteiger partial charge >= 0.3 is 0 Å². The van der Waals surface area contributed by atoms with Gasteiger partial charge in [0.2, 0.25) is 5.82 Å². The molecule has 0 radical (unpaired) electrons. The quantitative estimate of drug-likeness (QED) is 0.703. The number of benzene rings is 1. The molecule has 1 aromatic carbocycles. The molecular formula is C18H16F3N5O. The Morgan fingerprint density at radius 3 is 2.67 bits per heavy atom. The van der Waals surface area contributed by atoms with Gasteiger partial charge in [0, 0.05) is 12.2 Å². The maximum absolute atomic E-state index is 13.3. The van der Waals surface area contributed by atoms with Crippen LogP contribution in [0.2, 0.25) is 0 Å². The summed E-state index contributed by atoms with van der Waals surface area (Å²) in [5, 5.41) is 3.97. The number of carbonyl (C=O) groups excluding carboxylic acids is 1. The van der Waals surface area contributed by atoms with Gasteiger partial charge < -0.3 is 4.90 Å². The third-order valence-corrected chi connectivity index (χ3v) is 4.65. The molecule has 9 heteroatoms. The molecule has 1 amide bonds. The van der Waals surface area contributed by atoms with Gasteiger partial charge in [-0.05, 0) is 43.5 Å². The van der Waals surface area contributed by atoms with E-state index in [1.165, 1.54) is 18.2 Å². The Kier molecular flexibility index (Phi) is 4.29. The highest BCUT2D eigenvalue weighted by atomic mass is 19.3. The molecule has 6 nitrogen and oxygen atoms in total. The highest BCUT2D eigenvalue weighted by Crippen LogP contribution is 2.33. The zero-order valence-electron chi connectivity index (χ0n) is 14.4. The number of likely N-dealkylation sites (tertiary alicyclic amines) is 1.